The molecule has 7 aromatic carbocycles. The zero-order valence-electron chi connectivity index (χ0n) is 30.4. The summed E-state index contributed by atoms with van der Waals surface area (Å²) in [6.07, 6.45) is 1.89. The predicted molar refractivity (Wildman–Crippen MR) is 232 cm³/mol. The van der Waals surface area contributed by atoms with Crippen LogP contribution < -0.4 is 0 Å². The molecule has 11 aromatic rings. The van der Waals surface area contributed by atoms with E-state index in [1.54, 1.807) is 0 Å². The first-order chi connectivity index (χ1) is 27.8. The number of aromatic nitrogens is 4. The zero-order chi connectivity index (χ0) is 37.0. The Morgan fingerprint density at radius 2 is 0.821 bits per heavy atom. The SMILES string of the molecule is c1ccc(-c2cc(-c3cccc(-n4c5cc(-c6ccc7c8ccccc8n(-c8ccccc8)c7c6)ccc5c5cccnc54)c3)cc(-c3ccccc3)n2)cc1. The van der Waals surface area contributed by atoms with E-state index in [0.717, 1.165) is 72.7 Å². The average Bonchev–Trinajstić information content (AvgIpc) is 3.79. The van der Waals surface area contributed by atoms with Crippen LogP contribution in [0, 0.1) is 0 Å². The number of fused-ring (bicyclic) bond motifs is 6. The molecule has 4 nitrogen and oxygen atoms in total. The van der Waals surface area contributed by atoms with E-state index in [-0.39, 0.29) is 0 Å². The summed E-state index contributed by atoms with van der Waals surface area (Å²) in [6.45, 7) is 0. The fourth-order valence-electron chi connectivity index (χ4n) is 8.33. The molecule has 0 amide bonds. The Hall–Kier alpha value is -7.56. The molecule has 0 aliphatic rings. The number of benzene rings is 7. The molecule has 0 fully saturated rings. The highest BCUT2D eigenvalue weighted by molar-refractivity contribution is 6.11. The molecule has 11 rings (SSSR count). The van der Waals surface area contributed by atoms with Crippen LogP contribution in [-0.4, -0.2) is 19.1 Å². The molecular formula is C52H34N4. The zero-order valence-corrected chi connectivity index (χ0v) is 30.4. The van der Waals surface area contributed by atoms with Gasteiger partial charge in [-0.25, -0.2) is 9.97 Å². The summed E-state index contributed by atoms with van der Waals surface area (Å²) in [7, 11) is 0. The van der Waals surface area contributed by atoms with Gasteiger partial charge in [0.2, 0.25) is 0 Å². The highest BCUT2D eigenvalue weighted by Crippen LogP contribution is 2.39. The third-order valence-corrected chi connectivity index (χ3v) is 11.0. The average molecular weight is 715 g/mol. The summed E-state index contributed by atoms with van der Waals surface area (Å²) < 4.78 is 4.69. The molecule has 4 heterocycles. The van der Waals surface area contributed by atoms with E-state index in [0.29, 0.717) is 0 Å². The van der Waals surface area contributed by atoms with Crippen LogP contribution in [0.4, 0.5) is 0 Å². The first-order valence-electron chi connectivity index (χ1n) is 19.0. The Morgan fingerprint density at radius 3 is 1.52 bits per heavy atom. The Bertz CT molecular complexity index is 3170. The van der Waals surface area contributed by atoms with Crippen LogP contribution in [0.5, 0.6) is 0 Å². The summed E-state index contributed by atoms with van der Waals surface area (Å²) in [5.74, 6) is 0. The summed E-state index contributed by atoms with van der Waals surface area (Å²) in [6, 6.07) is 71.3. The largest absolute Gasteiger partial charge is 0.309 e. The second-order valence-electron chi connectivity index (χ2n) is 14.3. The highest BCUT2D eigenvalue weighted by atomic mass is 15.0. The Morgan fingerprint density at radius 1 is 0.304 bits per heavy atom. The maximum absolute atomic E-state index is 5.13. The van der Waals surface area contributed by atoms with Crippen molar-refractivity contribution in [2.75, 3.05) is 0 Å². The van der Waals surface area contributed by atoms with Gasteiger partial charge in [0, 0.05) is 50.2 Å². The topological polar surface area (TPSA) is 35.6 Å². The molecule has 4 aromatic heterocycles. The van der Waals surface area contributed by atoms with Gasteiger partial charge in [-0.3, -0.25) is 4.57 Å². The van der Waals surface area contributed by atoms with Gasteiger partial charge in [0.25, 0.3) is 0 Å². The van der Waals surface area contributed by atoms with Gasteiger partial charge in [-0.2, -0.15) is 0 Å². The Balaban J connectivity index is 1.08. The van der Waals surface area contributed by atoms with Crippen molar-refractivity contribution in [3.05, 3.63) is 206 Å². The maximum atomic E-state index is 5.13. The molecule has 262 valence electrons. The van der Waals surface area contributed by atoms with Gasteiger partial charge in [0.15, 0.2) is 0 Å². The molecule has 0 aliphatic carbocycles. The minimum atomic E-state index is 0.932. The minimum Gasteiger partial charge on any atom is -0.309 e. The molecular weight excluding hydrogens is 681 g/mol. The molecule has 0 bridgehead atoms. The number of para-hydroxylation sites is 2. The van der Waals surface area contributed by atoms with E-state index in [2.05, 4.69) is 191 Å². The van der Waals surface area contributed by atoms with Crippen molar-refractivity contribution in [1.29, 1.82) is 0 Å². The quantitative estimate of drug-likeness (QED) is 0.172. The lowest BCUT2D eigenvalue weighted by Gasteiger charge is -2.13. The molecule has 0 aliphatic heterocycles. The summed E-state index contributed by atoms with van der Waals surface area (Å²) >= 11 is 0. The van der Waals surface area contributed by atoms with Gasteiger partial charge in [0.1, 0.15) is 5.65 Å². The van der Waals surface area contributed by atoms with Crippen LogP contribution in [0.1, 0.15) is 0 Å². The van der Waals surface area contributed by atoms with E-state index in [9.17, 15) is 0 Å². The monoisotopic (exact) mass is 714 g/mol. The van der Waals surface area contributed by atoms with Crippen molar-refractivity contribution >= 4 is 43.7 Å². The maximum Gasteiger partial charge on any atom is 0.145 e. The van der Waals surface area contributed by atoms with Gasteiger partial charge in [-0.05, 0) is 89.0 Å². The fourth-order valence-corrected chi connectivity index (χ4v) is 8.33. The smallest absolute Gasteiger partial charge is 0.145 e. The van der Waals surface area contributed by atoms with E-state index >= 15 is 0 Å². The van der Waals surface area contributed by atoms with E-state index < -0.39 is 0 Å². The van der Waals surface area contributed by atoms with Crippen LogP contribution in [0.3, 0.4) is 0 Å². The first-order valence-corrected chi connectivity index (χ1v) is 19.0. The molecule has 0 radical (unpaired) electrons. The molecule has 56 heavy (non-hydrogen) atoms. The molecule has 4 heteroatoms. The van der Waals surface area contributed by atoms with E-state index in [1.807, 2.05) is 24.4 Å². The lowest BCUT2D eigenvalue weighted by molar-refractivity contribution is 1.14. The standard InChI is InChI=1S/C52H34N4/c1-4-14-35(15-5-1)47-31-40(32-48(54-47)36-16-6-2-7-17-36)37-18-12-21-42(30-37)56-51-34-39(26-28-45(51)46-23-13-29-53-52(46)56)38-25-27-44-43-22-10-11-24-49(43)55(50(44)33-38)41-19-8-3-9-20-41/h1-34H. The van der Waals surface area contributed by atoms with Crippen molar-refractivity contribution in [2.45, 2.75) is 0 Å². The normalized spacial score (nSPS) is 11.6. The van der Waals surface area contributed by atoms with Crippen LogP contribution >= 0.6 is 0 Å². The fraction of sp³-hybridized carbons (Fsp3) is 0. The van der Waals surface area contributed by atoms with E-state index in [4.69, 9.17) is 9.97 Å². The van der Waals surface area contributed by atoms with Crippen molar-refractivity contribution in [3.63, 3.8) is 0 Å². The Kier molecular flexibility index (Phi) is 7.46. The van der Waals surface area contributed by atoms with Crippen molar-refractivity contribution < 1.29 is 0 Å². The molecule has 0 atom stereocenters. The summed E-state index contributed by atoms with van der Waals surface area (Å²) in [5.41, 5.74) is 15.2. The highest BCUT2D eigenvalue weighted by Gasteiger charge is 2.18. The van der Waals surface area contributed by atoms with Gasteiger partial charge in [-0.1, -0.05) is 133 Å². The Labute approximate surface area is 324 Å². The van der Waals surface area contributed by atoms with Gasteiger partial charge < -0.3 is 4.57 Å². The van der Waals surface area contributed by atoms with Gasteiger partial charge in [0.05, 0.1) is 27.9 Å². The number of hydrogen-bond acceptors (Lipinski definition) is 2. The van der Waals surface area contributed by atoms with Crippen molar-refractivity contribution in [1.82, 2.24) is 19.1 Å². The van der Waals surface area contributed by atoms with Crippen LogP contribution in [0.2, 0.25) is 0 Å². The first kappa shape index (κ1) is 31.9. The number of hydrogen-bond donors (Lipinski definition) is 0. The van der Waals surface area contributed by atoms with Crippen molar-refractivity contribution in [2.24, 2.45) is 0 Å². The van der Waals surface area contributed by atoms with Gasteiger partial charge in [-0.15, -0.1) is 0 Å². The lowest BCUT2D eigenvalue weighted by atomic mass is 9.99. The molecule has 0 N–H and O–H groups in total. The second-order valence-corrected chi connectivity index (χ2v) is 14.3. The number of nitrogens with zero attached hydrogens (tertiary/aromatic N) is 4. The van der Waals surface area contributed by atoms with Crippen molar-refractivity contribution in [3.8, 4) is 56.1 Å². The molecule has 0 saturated heterocycles. The minimum absolute atomic E-state index is 0.932. The molecule has 0 spiro atoms. The number of pyridine rings is 2. The summed E-state index contributed by atoms with van der Waals surface area (Å²) in [5, 5.41) is 4.79. The van der Waals surface area contributed by atoms with E-state index in [1.165, 1.54) is 27.2 Å². The lowest BCUT2D eigenvalue weighted by Crippen LogP contribution is -1.97. The third-order valence-electron chi connectivity index (χ3n) is 11.0. The third kappa shape index (κ3) is 5.31. The van der Waals surface area contributed by atoms with Crippen LogP contribution in [0.15, 0.2) is 206 Å². The van der Waals surface area contributed by atoms with Crippen LogP contribution in [0.25, 0.3) is 99.9 Å². The molecule has 0 saturated carbocycles. The second kappa shape index (κ2) is 13.1. The summed E-state index contributed by atoms with van der Waals surface area (Å²) in [4.78, 5) is 10.1. The van der Waals surface area contributed by atoms with Crippen LogP contribution in [-0.2, 0) is 0 Å². The molecule has 0 unspecified atom stereocenters. The van der Waals surface area contributed by atoms with Gasteiger partial charge >= 0.3 is 0 Å². The predicted octanol–water partition coefficient (Wildman–Crippen LogP) is 13.3. The number of rotatable bonds is 6.